The van der Waals surface area contributed by atoms with Crippen molar-refractivity contribution in [2.45, 2.75) is 6.92 Å². The SMILES string of the molecule is COC(=O)c1cc(C)cc(-c2ccc(Br)cc2)c1. The molecule has 0 amide bonds. The number of methoxy groups -OCH3 is 1. The molecule has 2 nitrogen and oxygen atoms in total. The molecule has 0 aromatic heterocycles. The molecule has 0 saturated carbocycles. The number of halogens is 1. The minimum Gasteiger partial charge on any atom is -0.465 e. The first-order valence-electron chi connectivity index (χ1n) is 5.56. The third kappa shape index (κ3) is 2.79. The van der Waals surface area contributed by atoms with Crippen molar-refractivity contribution >= 4 is 21.9 Å². The third-order valence-corrected chi connectivity index (χ3v) is 3.20. The van der Waals surface area contributed by atoms with E-state index in [0.29, 0.717) is 5.56 Å². The first kappa shape index (κ1) is 12.8. The summed E-state index contributed by atoms with van der Waals surface area (Å²) in [6.45, 7) is 1.97. The molecule has 2 rings (SSSR count). The van der Waals surface area contributed by atoms with Crippen molar-refractivity contribution in [3.8, 4) is 11.1 Å². The molecule has 0 aliphatic heterocycles. The van der Waals surface area contributed by atoms with Gasteiger partial charge in [-0.1, -0.05) is 34.1 Å². The van der Waals surface area contributed by atoms with Gasteiger partial charge in [0.25, 0.3) is 0 Å². The second-order valence-electron chi connectivity index (χ2n) is 4.09. The molecule has 0 N–H and O–H groups in total. The quantitative estimate of drug-likeness (QED) is 0.777. The number of hydrogen-bond acceptors (Lipinski definition) is 2. The highest BCUT2D eigenvalue weighted by Crippen LogP contribution is 2.24. The summed E-state index contributed by atoms with van der Waals surface area (Å²) in [7, 11) is 1.39. The van der Waals surface area contributed by atoms with Crippen LogP contribution in [0.2, 0.25) is 0 Å². The normalized spacial score (nSPS) is 10.2. The molecule has 0 heterocycles. The minimum atomic E-state index is -0.308. The summed E-state index contributed by atoms with van der Waals surface area (Å²) in [5.41, 5.74) is 3.71. The lowest BCUT2D eigenvalue weighted by molar-refractivity contribution is 0.0600. The van der Waals surface area contributed by atoms with Crippen LogP contribution in [-0.4, -0.2) is 13.1 Å². The molecule has 0 radical (unpaired) electrons. The van der Waals surface area contributed by atoms with E-state index in [4.69, 9.17) is 4.74 Å². The maximum Gasteiger partial charge on any atom is 0.337 e. The number of carbonyl (C=O) groups is 1. The fraction of sp³-hybridized carbons (Fsp3) is 0.133. The fourth-order valence-corrected chi connectivity index (χ4v) is 2.09. The predicted octanol–water partition coefficient (Wildman–Crippen LogP) is 4.21. The van der Waals surface area contributed by atoms with E-state index < -0.39 is 0 Å². The van der Waals surface area contributed by atoms with Gasteiger partial charge in [-0.3, -0.25) is 0 Å². The molecule has 92 valence electrons. The number of hydrogen-bond donors (Lipinski definition) is 0. The van der Waals surface area contributed by atoms with Crippen molar-refractivity contribution in [1.29, 1.82) is 0 Å². The Bertz CT molecular complexity index is 574. The van der Waals surface area contributed by atoms with Crippen molar-refractivity contribution in [2.24, 2.45) is 0 Å². The van der Waals surface area contributed by atoms with E-state index in [0.717, 1.165) is 21.2 Å². The molecule has 0 unspecified atom stereocenters. The fourth-order valence-electron chi connectivity index (χ4n) is 1.83. The monoisotopic (exact) mass is 304 g/mol. The second-order valence-corrected chi connectivity index (χ2v) is 5.00. The predicted molar refractivity (Wildman–Crippen MR) is 75.7 cm³/mol. The number of carbonyl (C=O) groups excluding carboxylic acids is 1. The third-order valence-electron chi connectivity index (χ3n) is 2.68. The van der Waals surface area contributed by atoms with Crippen LogP contribution < -0.4 is 0 Å². The van der Waals surface area contributed by atoms with Crippen LogP contribution in [0, 0.1) is 6.92 Å². The van der Waals surface area contributed by atoms with Gasteiger partial charge >= 0.3 is 5.97 Å². The smallest absolute Gasteiger partial charge is 0.337 e. The first-order chi connectivity index (χ1) is 8.60. The number of benzene rings is 2. The van der Waals surface area contributed by atoms with Crippen molar-refractivity contribution in [1.82, 2.24) is 0 Å². The topological polar surface area (TPSA) is 26.3 Å². The average molecular weight is 305 g/mol. The number of ether oxygens (including phenoxy) is 1. The molecule has 2 aromatic carbocycles. The molecular formula is C15H13BrO2. The van der Waals surface area contributed by atoms with E-state index in [1.807, 2.05) is 43.3 Å². The summed E-state index contributed by atoms with van der Waals surface area (Å²) in [6.07, 6.45) is 0. The van der Waals surface area contributed by atoms with Gasteiger partial charge in [-0.25, -0.2) is 4.79 Å². The molecule has 0 atom stereocenters. The molecule has 0 fully saturated rings. The standard InChI is InChI=1S/C15H13BrO2/c1-10-7-12(9-13(8-10)15(17)18-2)11-3-5-14(16)6-4-11/h3-9H,1-2H3. The van der Waals surface area contributed by atoms with Gasteiger partial charge in [-0.05, 0) is 47.9 Å². The largest absolute Gasteiger partial charge is 0.465 e. The number of aryl methyl sites for hydroxylation is 1. The van der Waals surface area contributed by atoms with E-state index in [-0.39, 0.29) is 5.97 Å². The van der Waals surface area contributed by atoms with Crippen molar-refractivity contribution < 1.29 is 9.53 Å². The van der Waals surface area contributed by atoms with Gasteiger partial charge in [0.2, 0.25) is 0 Å². The van der Waals surface area contributed by atoms with Crippen LogP contribution in [0.3, 0.4) is 0 Å². The summed E-state index contributed by atoms with van der Waals surface area (Å²) in [4.78, 5) is 11.6. The molecule has 0 saturated heterocycles. The van der Waals surface area contributed by atoms with Gasteiger partial charge in [0.05, 0.1) is 12.7 Å². The number of rotatable bonds is 2. The van der Waals surface area contributed by atoms with Crippen molar-refractivity contribution in [3.63, 3.8) is 0 Å². The Balaban J connectivity index is 2.48. The molecule has 0 bridgehead atoms. The minimum absolute atomic E-state index is 0.308. The zero-order chi connectivity index (χ0) is 13.1. The van der Waals surface area contributed by atoms with Gasteiger partial charge in [-0.15, -0.1) is 0 Å². The number of esters is 1. The zero-order valence-corrected chi connectivity index (χ0v) is 11.8. The van der Waals surface area contributed by atoms with Gasteiger partial charge < -0.3 is 4.74 Å². The molecular weight excluding hydrogens is 292 g/mol. The summed E-state index contributed by atoms with van der Waals surface area (Å²) >= 11 is 3.41. The van der Waals surface area contributed by atoms with Crippen LogP contribution in [0.4, 0.5) is 0 Å². The highest BCUT2D eigenvalue weighted by atomic mass is 79.9. The zero-order valence-electron chi connectivity index (χ0n) is 10.2. The van der Waals surface area contributed by atoms with E-state index in [1.54, 1.807) is 0 Å². The summed E-state index contributed by atoms with van der Waals surface area (Å²) < 4.78 is 5.79. The highest BCUT2D eigenvalue weighted by molar-refractivity contribution is 9.10. The molecule has 0 aliphatic carbocycles. The summed E-state index contributed by atoms with van der Waals surface area (Å²) in [5, 5.41) is 0. The van der Waals surface area contributed by atoms with Crippen LogP contribution in [0.1, 0.15) is 15.9 Å². The highest BCUT2D eigenvalue weighted by Gasteiger charge is 2.08. The van der Waals surface area contributed by atoms with Gasteiger partial charge in [0.1, 0.15) is 0 Å². The van der Waals surface area contributed by atoms with Crippen LogP contribution in [-0.2, 0) is 4.74 Å². The Kier molecular flexibility index (Phi) is 3.82. The Morgan fingerprint density at radius 1 is 1.06 bits per heavy atom. The van der Waals surface area contributed by atoms with Crippen LogP contribution >= 0.6 is 15.9 Å². The summed E-state index contributed by atoms with van der Waals surface area (Å²) in [5.74, 6) is -0.308. The molecule has 18 heavy (non-hydrogen) atoms. The van der Waals surface area contributed by atoms with E-state index in [2.05, 4.69) is 22.0 Å². The Morgan fingerprint density at radius 3 is 2.33 bits per heavy atom. The van der Waals surface area contributed by atoms with Crippen molar-refractivity contribution in [2.75, 3.05) is 7.11 Å². The van der Waals surface area contributed by atoms with Crippen molar-refractivity contribution in [3.05, 3.63) is 58.1 Å². The van der Waals surface area contributed by atoms with E-state index in [1.165, 1.54) is 7.11 Å². The van der Waals surface area contributed by atoms with Gasteiger partial charge in [0, 0.05) is 4.47 Å². The lowest BCUT2D eigenvalue weighted by Crippen LogP contribution is -2.01. The Hall–Kier alpha value is -1.61. The molecule has 3 heteroatoms. The Morgan fingerprint density at radius 2 is 1.72 bits per heavy atom. The summed E-state index contributed by atoms with van der Waals surface area (Å²) in [6, 6.07) is 13.7. The van der Waals surface area contributed by atoms with E-state index >= 15 is 0 Å². The molecule has 0 spiro atoms. The van der Waals surface area contributed by atoms with Crippen LogP contribution in [0.15, 0.2) is 46.9 Å². The molecule has 2 aromatic rings. The van der Waals surface area contributed by atoms with Gasteiger partial charge in [-0.2, -0.15) is 0 Å². The lowest BCUT2D eigenvalue weighted by Gasteiger charge is -2.07. The lowest BCUT2D eigenvalue weighted by atomic mass is 10.0. The van der Waals surface area contributed by atoms with Gasteiger partial charge in [0.15, 0.2) is 0 Å². The molecule has 0 aliphatic rings. The maximum atomic E-state index is 11.6. The van der Waals surface area contributed by atoms with E-state index in [9.17, 15) is 4.79 Å². The van der Waals surface area contributed by atoms with Crippen LogP contribution in [0.5, 0.6) is 0 Å². The second kappa shape index (κ2) is 5.36. The average Bonchev–Trinajstić information content (AvgIpc) is 2.38. The van der Waals surface area contributed by atoms with Crippen LogP contribution in [0.25, 0.3) is 11.1 Å². The Labute approximate surface area is 115 Å². The maximum absolute atomic E-state index is 11.6. The first-order valence-corrected chi connectivity index (χ1v) is 6.35.